The topological polar surface area (TPSA) is 78.7 Å². The molecule has 0 aliphatic carbocycles. The van der Waals surface area contributed by atoms with Gasteiger partial charge in [0.05, 0.1) is 5.69 Å². The number of nitriles is 1. The quantitative estimate of drug-likeness (QED) is 0.779. The van der Waals surface area contributed by atoms with Gasteiger partial charge < -0.3 is 4.98 Å². The van der Waals surface area contributed by atoms with Crippen LogP contribution in [-0.2, 0) is 0 Å². The minimum Gasteiger partial charge on any atom is -0.310 e. The number of rotatable bonds is 1. The summed E-state index contributed by atoms with van der Waals surface area (Å²) in [4.78, 5) is 26.2. The van der Waals surface area contributed by atoms with Crippen molar-refractivity contribution in [3.63, 3.8) is 0 Å². The summed E-state index contributed by atoms with van der Waals surface area (Å²) >= 11 is 0. The Bertz CT molecular complexity index is 705. The molecule has 1 aromatic heterocycles. The second kappa shape index (κ2) is 4.10. The van der Waals surface area contributed by atoms with Gasteiger partial charge in [0, 0.05) is 5.69 Å². The molecule has 2 rings (SSSR count). The fourth-order valence-electron chi connectivity index (χ4n) is 1.59. The highest BCUT2D eigenvalue weighted by atomic mass is 16.2. The zero-order chi connectivity index (χ0) is 12.4. The molecule has 5 nitrogen and oxygen atoms in total. The van der Waals surface area contributed by atoms with E-state index in [1.807, 2.05) is 0 Å². The lowest BCUT2D eigenvalue weighted by Crippen LogP contribution is -2.36. The molecule has 0 spiro atoms. The number of nitrogens with zero attached hydrogens (tertiary/aromatic N) is 2. The molecule has 0 fully saturated rings. The van der Waals surface area contributed by atoms with E-state index in [4.69, 9.17) is 5.26 Å². The third-order valence-corrected chi connectivity index (χ3v) is 2.42. The maximum absolute atomic E-state index is 12.0. The summed E-state index contributed by atoms with van der Waals surface area (Å²) in [5.74, 6) is 0. The van der Waals surface area contributed by atoms with E-state index in [0.29, 0.717) is 5.69 Å². The van der Waals surface area contributed by atoms with E-state index in [1.54, 1.807) is 36.4 Å². The Morgan fingerprint density at radius 1 is 1.24 bits per heavy atom. The van der Waals surface area contributed by atoms with Crippen LogP contribution in [0.25, 0.3) is 5.69 Å². The van der Waals surface area contributed by atoms with Gasteiger partial charge in [-0.15, -0.1) is 0 Å². The number of para-hydroxylation sites is 1. The van der Waals surface area contributed by atoms with Crippen LogP contribution in [0, 0.1) is 18.3 Å². The van der Waals surface area contributed by atoms with Gasteiger partial charge in [0.1, 0.15) is 11.6 Å². The van der Waals surface area contributed by atoms with Crippen molar-refractivity contribution in [2.75, 3.05) is 0 Å². The van der Waals surface area contributed by atoms with Gasteiger partial charge in [-0.3, -0.25) is 4.79 Å². The maximum Gasteiger partial charge on any atom is 0.333 e. The molecule has 1 N–H and O–H groups in total. The van der Waals surface area contributed by atoms with Crippen LogP contribution in [0.2, 0.25) is 0 Å². The van der Waals surface area contributed by atoms with Gasteiger partial charge in [-0.1, -0.05) is 18.2 Å². The van der Waals surface area contributed by atoms with E-state index in [1.165, 1.54) is 6.92 Å². The van der Waals surface area contributed by atoms with E-state index in [0.717, 1.165) is 4.57 Å². The molecular weight excluding hydrogens is 218 g/mol. The third kappa shape index (κ3) is 1.76. The largest absolute Gasteiger partial charge is 0.333 e. The maximum atomic E-state index is 12.0. The van der Waals surface area contributed by atoms with E-state index in [9.17, 15) is 9.59 Å². The average molecular weight is 227 g/mol. The third-order valence-electron chi connectivity index (χ3n) is 2.42. The molecule has 1 aromatic carbocycles. The summed E-state index contributed by atoms with van der Waals surface area (Å²) in [6, 6.07) is 10.3. The molecule has 84 valence electrons. The SMILES string of the molecule is Cc1[nH]c(=O)n(-c2ccccc2)c(=O)c1C#N. The lowest BCUT2D eigenvalue weighted by atomic mass is 10.2. The molecule has 0 aliphatic heterocycles. The fourth-order valence-corrected chi connectivity index (χ4v) is 1.59. The molecule has 0 amide bonds. The van der Waals surface area contributed by atoms with Gasteiger partial charge in [0.25, 0.3) is 5.56 Å². The Labute approximate surface area is 96.6 Å². The van der Waals surface area contributed by atoms with Crippen molar-refractivity contribution in [1.82, 2.24) is 9.55 Å². The van der Waals surface area contributed by atoms with Crippen LogP contribution in [0.5, 0.6) is 0 Å². The summed E-state index contributed by atoms with van der Waals surface area (Å²) < 4.78 is 0.950. The van der Waals surface area contributed by atoms with Crippen molar-refractivity contribution >= 4 is 0 Å². The Kier molecular flexibility index (Phi) is 2.63. The van der Waals surface area contributed by atoms with Gasteiger partial charge in [0.2, 0.25) is 0 Å². The Balaban J connectivity index is 2.86. The molecule has 0 radical (unpaired) electrons. The van der Waals surface area contributed by atoms with Gasteiger partial charge in [-0.05, 0) is 19.1 Å². The number of aromatic nitrogens is 2. The molecule has 0 unspecified atom stereocenters. The average Bonchev–Trinajstić information content (AvgIpc) is 2.30. The number of benzene rings is 1. The van der Waals surface area contributed by atoms with Crippen molar-refractivity contribution in [2.45, 2.75) is 6.92 Å². The molecule has 2 aromatic rings. The summed E-state index contributed by atoms with van der Waals surface area (Å²) in [6.07, 6.45) is 0. The van der Waals surface area contributed by atoms with Crippen LogP contribution in [0.3, 0.4) is 0 Å². The van der Waals surface area contributed by atoms with Crippen LogP contribution in [0.15, 0.2) is 39.9 Å². The first-order valence-corrected chi connectivity index (χ1v) is 4.96. The number of hydrogen-bond donors (Lipinski definition) is 1. The minimum atomic E-state index is -0.597. The van der Waals surface area contributed by atoms with Gasteiger partial charge in [-0.2, -0.15) is 5.26 Å². The smallest absolute Gasteiger partial charge is 0.310 e. The van der Waals surface area contributed by atoms with E-state index >= 15 is 0 Å². The van der Waals surface area contributed by atoms with Gasteiger partial charge in [-0.25, -0.2) is 9.36 Å². The van der Waals surface area contributed by atoms with Crippen LogP contribution in [0.4, 0.5) is 0 Å². The Morgan fingerprint density at radius 3 is 2.47 bits per heavy atom. The molecule has 17 heavy (non-hydrogen) atoms. The summed E-state index contributed by atoms with van der Waals surface area (Å²) in [6.45, 7) is 1.52. The van der Waals surface area contributed by atoms with Crippen LogP contribution < -0.4 is 11.2 Å². The number of aryl methyl sites for hydroxylation is 1. The highest BCUT2D eigenvalue weighted by Crippen LogP contribution is 2.02. The molecule has 0 saturated heterocycles. The molecule has 5 heteroatoms. The molecule has 0 bridgehead atoms. The highest BCUT2D eigenvalue weighted by molar-refractivity contribution is 5.36. The number of nitrogens with one attached hydrogen (secondary N) is 1. The summed E-state index contributed by atoms with van der Waals surface area (Å²) in [5.41, 5.74) is -0.462. The van der Waals surface area contributed by atoms with Gasteiger partial charge >= 0.3 is 5.69 Å². The summed E-state index contributed by atoms with van der Waals surface area (Å²) in [7, 11) is 0. The van der Waals surface area contributed by atoms with E-state index in [2.05, 4.69) is 4.98 Å². The lowest BCUT2D eigenvalue weighted by Gasteiger charge is -2.05. The molecule has 1 heterocycles. The van der Waals surface area contributed by atoms with Crippen molar-refractivity contribution in [3.8, 4) is 11.8 Å². The highest BCUT2D eigenvalue weighted by Gasteiger charge is 2.11. The number of hydrogen-bond acceptors (Lipinski definition) is 3. The zero-order valence-electron chi connectivity index (χ0n) is 9.10. The van der Waals surface area contributed by atoms with Crippen molar-refractivity contribution < 1.29 is 0 Å². The predicted octanol–water partition coefficient (Wildman–Crippen LogP) is 0.706. The molecular formula is C12H9N3O2. The second-order valence-corrected chi connectivity index (χ2v) is 3.52. The summed E-state index contributed by atoms with van der Waals surface area (Å²) in [5, 5.41) is 8.88. The normalized spacial score (nSPS) is 9.88. The van der Waals surface area contributed by atoms with Crippen LogP contribution in [0.1, 0.15) is 11.3 Å². The minimum absolute atomic E-state index is 0.0477. The molecule has 0 atom stereocenters. The second-order valence-electron chi connectivity index (χ2n) is 3.52. The molecule has 0 aliphatic rings. The van der Waals surface area contributed by atoms with Gasteiger partial charge in [0.15, 0.2) is 0 Å². The number of aromatic amines is 1. The van der Waals surface area contributed by atoms with E-state index in [-0.39, 0.29) is 11.3 Å². The lowest BCUT2D eigenvalue weighted by molar-refractivity contribution is 0.850. The zero-order valence-corrected chi connectivity index (χ0v) is 9.10. The van der Waals surface area contributed by atoms with Crippen molar-refractivity contribution in [3.05, 3.63) is 62.4 Å². The number of H-pyrrole nitrogens is 1. The Morgan fingerprint density at radius 2 is 1.88 bits per heavy atom. The Hall–Kier alpha value is -2.61. The van der Waals surface area contributed by atoms with Crippen LogP contribution >= 0.6 is 0 Å². The standard InChI is InChI=1S/C12H9N3O2/c1-8-10(7-13)11(16)15(12(17)14-8)9-5-3-2-4-6-9/h2-6H,1H3,(H,14,17). The molecule has 0 saturated carbocycles. The van der Waals surface area contributed by atoms with Crippen molar-refractivity contribution in [2.24, 2.45) is 0 Å². The van der Waals surface area contributed by atoms with E-state index < -0.39 is 11.2 Å². The fraction of sp³-hybridized carbons (Fsp3) is 0.0833. The first kappa shape index (κ1) is 10.9. The predicted molar refractivity (Wildman–Crippen MR) is 62.1 cm³/mol. The first-order chi connectivity index (χ1) is 8.15. The first-order valence-electron chi connectivity index (χ1n) is 4.96. The van der Waals surface area contributed by atoms with Crippen molar-refractivity contribution in [1.29, 1.82) is 5.26 Å². The monoisotopic (exact) mass is 227 g/mol. The van der Waals surface area contributed by atoms with Crippen LogP contribution in [-0.4, -0.2) is 9.55 Å².